The molecule has 204 valence electrons. The number of rotatable bonds is 12. The van der Waals surface area contributed by atoms with Gasteiger partial charge in [-0.15, -0.1) is 0 Å². The topological polar surface area (TPSA) is 86.8 Å². The SMILES string of the molecule is CC(C)CNC(=O)[C@H](C)N(Cc1ccccc1)C(=O)CCCN(c1cccc(C(F)(F)F)c1)S(C)(=O)=O. The molecule has 0 saturated heterocycles. The summed E-state index contributed by atoms with van der Waals surface area (Å²) in [5.41, 5.74) is -0.279. The van der Waals surface area contributed by atoms with E-state index in [1.165, 1.54) is 11.0 Å². The van der Waals surface area contributed by atoms with Gasteiger partial charge in [0.05, 0.1) is 17.5 Å². The van der Waals surface area contributed by atoms with Gasteiger partial charge in [0.2, 0.25) is 21.8 Å². The van der Waals surface area contributed by atoms with Crippen LogP contribution in [-0.4, -0.2) is 50.5 Å². The lowest BCUT2D eigenvalue weighted by Gasteiger charge is -2.29. The number of carbonyl (C=O) groups is 2. The molecule has 0 aliphatic heterocycles. The molecule has 2 aromatic rings. The van der Waals surface area contributed by atoms with Gasteiger partial charge in [0.25, 0.3) is 0 Å². The second kappa shape index (κ2) is 12.9. The Morgan fingerprint density at radius 2 is 1.65 bits per heavy atom. The highest BCUT2D eigenvalue weighted by Gasteiger charge is 2.32. The maximum absolute atomic E-state index is 13.2. The van der Waals surface area contributed by atoms with Crippen LogP contribution in [0.3, 0.4) is 0 Å². The van der Waals surface area contributed by atoms with Crippen molar-refractivity contribution < 1.29 is 31.2 Å². The van der Waals surface area contributed by atoms with Gasteiger partial charge in [-0.25, -0.2) is 8.42 Å². The number of nitrogens with one attached hydrogen (secondary N) is 1. The molecule has 37 heavy (non-hydrogen) atoms. The first kappa shape index (κ1) is 30.1. The van der Waals surface area contributed by atoms with Crippen molar-refractivity contribution >= 4 is 27.5 Å². The van der Waals surface area contributed by atoms with Crippen molar-refractivity contribution in [2.24, 2.45) is 5.92 Å². The largest absolute Gasteiger partial charge is 0.416 e. The van der Waals surface area contributed by atoms with Crippen molar-refractivity contribution in [1.82, 2.24) is 10.2 Å². The number of alkyl halides is 3. The van der Waals surface area contributed by atoms with Crippen LogP contribution in [0.5, 0.6) is 0 Å². The number of halogens is 3. The third-order valence-electron chi connectivity index (χ3n) is 5.66. The third kappa shape index (κ3) is 9.38. The highest BCUT2D eigenvalue weighted by atomic mass is 32.2. The van der Waals surface area contributed by atoms with Crippen LogP contribution in [0.1, 0.15) is 44.7 Å². The standard InChI is InChI=1S/C26H34F3N3O4S/c1-19(2)17-30-25(34)20(3)31(18-21-10-6-5-7-11-21)24(33)14-9-15-32(37(4,35)36)23-13-8-12-22(16-23)26(27,28)29/h5-8,10-13,16,19-20H,9,14-15,17-18H2,1-4H3,(H,30,34)/t20-/m0/s1. The van der Waals surface area contributed by atoms with Crippen LogP contribution in [0.15, 0.2) is 54.6 Å². The van der Waals surface area contributed by atoms with Crippen LogP contribution in [0.25, 0.3) is 0 Å². The Hall–Kier alpha value is -3.08. The van der Waals surface area contributed by atoms with Gasteiger partial charge in [-0.05, 0) is 43.0 Å². The first-order chi connectivity index (χ1) is 17.2. The quantitative estimate of drug-likeness (QED) is 0.431. The van der Waals surface area contributed by atoms with Crippen LogP contribution in [0, 0.1) is 5.92 Å². The summed E-state index contributed by atoms with van der Waals surface area (Å²) in [5.74, 6) is -0.444. The molecule has 0 aliphatic carbocycles. The number of hydrogen-bond donors (Lipinski definition) is 1. The second-order valence-electron chi connectivity index (χ2n) is 9.31. The lowest BCUT2D eigenvalue weighted by molar-refractivity contribution is -0.140. The molecule has 0 spiro atoms. The zero-order valence-electron chi connectivity index (χ0n) is 21.5. The molecule has 0 saturated carbocycles. The number of benzene rings is 2. The van der Waals surface area contributed by atoms with Gasteiger partial charge >= 0.3 is 6.18 Å². The van der Waals surface area contributed by atoms with E-state index in [-0.39, 0.29) is 49.4 Å². The Balaban J connectivity index is 2.18. The van der Waals surface area contributed by atoms with Gasteiger partial charge in [0.1, 0.15) is 6.04 Å². The van der Waals surface area contributed by atoms with Gasteiger partial charge in [-0.1, -0.05) is 50.2 Å². The molecule has 2 aromatic carbocycles. The van der Waals surface area contributed by atoms with Crippen molar-refractivity contribution in [3.05, 3.63) is 65.7 Å². The maximum atomic E-state index is 13.2. The monoisotopic (exact) mass is 541 g/mol. The molecule has 7 nitrogen and oxygen atoms in total. The number of sulfonamides is 1. The summed E-state index contributed by atoms with van der Waals surface area (Å²) in [6.07, 6.45) is -3.77. The van der Waals surface area contributed by atoms with Crippen LogP contribution >= 0.6 is 0 Å². The molecule has 2 rings (SSSR count). The molecule has 0 fully saturated rings. The van der Waals surface area contributed by atoms with E-state index in [4.69, 9.17) is 0 Å². The minimum Gasteiger partial charge on any atom is -0.354 e. The lowest BCUT2D eigenvalue weighted by Crippen LogP contribution is -2.48. The molecule has 0 heterocycles. The first-order valence-electron chi connectivity index (χ1n) is 12.0. The zero-order chi connectivity index (χ0) is 27.8. The summed E-state index contributed by atoms with van der Waals surface area (Å²) in [7, 11) is -3.92. The van der Waals surface area contributed by atoms with Crippen LogP contribution < -0.4 is 9.62 Å². The minimum absolute atomic E-state index is 0.0494. The summed E-state index contributed by atoms with van der Waals surface area (Å²) in [6, 6.07) is 12.4. The molecule has 1 N–H and O–H groups in total. The molecule has 0 unspecified atom stereocenters. The minimum atomic E-state index is -4.63. The Morgan fingerprint density at radius 3 is 2.22 bits per heavy atom. The Bertz CT molecular complexity index is 1160. The van der Waals surface area contributed by atoms with E-state index in [1.54, 1.807) is 6.92 Å². The first-order valence-corrected chi connectivity index (χ1v) is 13.8. The normalized spacial score (nSPS) is 12.8. The van der Waals surface area contributed by atoms with E-state index in [9.17, 15) is 31.2 Å². The van der Waals surface area contributed by atoms with E-state index >= 15 is 0 Å². The molecule has 0 radical (unpaired) electrons. The summed E-state index contributed by atoms with van der Waals surface area (Å²) in [5, 5.41) is 2.82. The zero-order valence-corrected chi connectivity index (χ0v) is 22.3. The van der Waals surface area contributed by atoms with E-state index < -0.39 is 27.8 Å². The molecule has 11 heteroatoms. The lowest BCUT2D eigenvalue weighted by atomic mass is 10.1. The summed E-state index contributed by atoms with van der Waals surface area (Å²) in [6.45, 7) is 5.97. The van der Waals surface area contributed by atoms with Gasteiger partial charge in [-0.2, -0.15) is 13.2 Å². The number of hydrogen-bond acceptors (Lipinski definition) is 4. The fourth-order valence-electron chi connectivity index (χ4n) is 3.66. The predicted octanol–water partition coefficient (Wildman–Crippen LogP) is 4.44. The molecular weight excluding hydrogens is 507 g/mol. The van der Waals surface area contributed by atoms with Gasteiger partial charge in [0, 0.05) is 26.1 Å². The smallest absolute Gasteiger partial charge is 0.354 e. The van der Waals surface area contributed by atoms with Crippen LogP contribution in [-0.2, 0) is 32.3 Å². The van der Waals surface area contributed by atoms with Crippen molar-refractivity contribution in [1.29, 1.82) is 0 Å². The summed E-state index contributed by atoms with van der Waals surface area (Å²) < 4.78 is 65.0. The van der Waals surface area contributed by atoms with E-state index in [1.807, 2.05) is 44.2 Å². The molecular formula is C26H34F3N3O4S. The fraction of sp³-hybridized carbons (Fsp3) is 0.462. The molecule has 1 atom stereocenters. The third-order valence-corrected chi connectivity index (χ3v) is 6.86. The highest BCUT2D eigenvalue weighted by Crippen LogP contribution is 2.32. The maximum Gasteiger partial charge on any atom is 0.416 e. The Morgan fingerprint density at radius 1 is 1.00 bits per heavy atom. The number of carbonyl (C=O) groups excluding carboxylic acids is 2. The highest BCUT2D eigenvalue weighted by molar-refractivity contribution is 7.92. The van der Waals surface area contributed by atoms with E-state index in [0.717, 1.165) is 34.3 Å². The van der Waals surface area contributed by atoms with E-state index in [0.29, 0.717) is 6.54 Å². The predicted molar refractivity (Wildman–Crippen MR) is 137 cm³/mol. The van der Waals surface area contributed by atoms with Crippen LogP contribution in [0.2, 0.25) is 0 Å². The second-order valence-corrected chi connectivity index (χ2v) is 11.2. The van der Waals surface area contributed by atoms with Gasteiger partial charge in [0.15, 0.2) is 0 Å². The van der Waals surface area contributed by atoms with E-state index in [2.05, 4.69) is 5.32 Å². The number of nitrogens with zero attached hydrogens (tertiary/aromatic N) is 2. The average Bonchev–Trinajstić information content (AvgIpc) is 2.82. The fourth-order valence-corrected chi connectivity index (χ4v) is 4.61. The molecule has 0 aliphatic rings. The molecule has 0 bridgehead atoms. The Labute approximate surface area is 216 Å². The number of anilines is 1. The van der Waals surface area contributed by atoms with Gasteiger partial charge in [-0.3, -0.25) is 13.9 Å². The van der Waals surface area contributed by atoms with Crippen LogP contribution in [0.4, 0.5) is 18.9 Å². The molecule has 0 aromatic heterocycles. The molecule has 2 amide bonds. The Kier molecular flexibility index (Phi) is 10.5. The van der Waals surface area contributed by atoms with Gasteiger partial charge < -0.3 is 10.2 Å². The van der Waals surface area contributed by atoms with Crippen molar-refractivity contribution in [3.63, 3.8) is 0 Å². The van der Waals surface area contributed by atoms with Crippen molar-refractivity contribution in [3.8, 4) is 0 Å². The van der Waals surface area contributed by atoms with Crippen molar-refractivity contribution in [2.75, 3.05) is 23.7 Å². The van der Waals surface area contributed by atoms with Crippen molar-refractivity contribution in [2.45, 2.75) is 52.4 Å². The summed E-state index contributed by atoms with van der Waals surface area (Å²) in [4.78, 5) is 27.4. The average molecular weight is 542 g/mol. The summed E-state index contributed by atoms with van der Waals surface area (Å²) >= 11 is 0. The number of amides is 2.